The minimum atomic E-state index is -0.591. The minimum Gasteiger partial charge on any atom is -0.452 e. The van der Waals surface area contributed by atoms with Crippen LogP contribution in [0.15, 0.2) is 22.9 Å². The summed E-state index contributed by atoms with van der Waals surface area (Å²) < 4.78 is 5.33. The molecule has 3 heterocycles. The first-order valence-electron chi connectivity index (χ1n) is 8.94. The van der Waals surface area contributed by atoms with E-state index in [0.29, 0.717) is 29.2 Å². The molecule has 0 saturated carbocycles. The lowest BCUT2D eigenvalue weighted by atomic mass is 10.1. The number of rotatable bonds is 5. The number of hydrogen-bond acceptors (Lipinski definition) is 6. The number of anilines is 1. The van der Waals surface area contributed by atoms with Crippen molar-refractivity contribution in [2.24, 2.45) is 0 Å². The van der Waals surface area contributed by atoms with Crippen LogP contribution in [0.3, 0.4) is 0 Å². The van der Waals surface area contributed by atoms with E-state index in [4.69, 9.17) is 4.74 Å². The highest BCUT2D eigenvalue weighted by Gasteiger charge is 2.24. The van der Waals surface area contributed by atoms with E-state index in [0.717, 1.165) is 30.6 Å². The number of hydrogen-bond donors (Lipinski definition) is 1. The largest absolute Gasteiger partial charge is 0.452 e. The topological polar surface area (TPSA) is 75.7 Å². The third-order valence-corrected chi connectivity index (χ3v) is 6.16. The van der Waals surface area contributed by atoms with Gasteiger partial charge in [0.2, 0.25) is 5.91 Å². The molecule has 3 rings (SSSR count). The summed E-state index contributed by atoms with van der Waals surface area (Å²) in [5.74, 6) is -1.02. The average molecular weight is 407 g/mol. The Kier molecular flexibility index (Phi) is 6.63. The normalized spacial score (nSPS) is 14.5. The third-order valence-electron chi connectivity index (χ3n) is 4.36. The van der Waals surface area contributed by atoms with Crippen LogP contribution in [-0.4, -0.2) is 42.4 Å². The molecule has 0 aliphatic carbocycles. The number of nitrogens with zero attached hydrogens (tertiary/aromatic N) is 1. The number of amides is 2. The number of likely N-dealkylation sites (tertiary alicyclic amines) is 1. The molecule has 1 aliphatic rings. The molecule has 1 N–H and O–H groups in total. The van der Waals surface area contributed by atoms with Crippen molar-refractivity contribution in [3.63, 3.8) is 0 Å². The van der Waals surface area contributed by atoms with Crippen LogP contribution in [0.4, 0.5) is 5.00 Å². The van der Waals surface area contributed by atoms with Crippen LogP contribution in [0.5, 0.6) is 0 Å². The Balaban J connectivity index is 1.73. The second kappa shape index (κ2) is 9.14. The molecule has 0 radical (unpaired) electrons. The number of thiophene rings is 2. The fourth-order valence-corrected chi connectivity index (χ4v) is 4.85. The molecule has 2 aromatic heterocycles. The first kappa shape index (κ1) is 19.6. The summed E-state index contributed by atoms with van der Waals surface area (Å²) in [5, 5.41) is 6.87. The molecule has 0 aromatic carbocycles. The van der Waals surface area contributed by atoms with Gasteiger partial charge < -0.3 is 15.0 Å². The van der Waals surface area contributed by atoms with Gasteiger partial charge in [-0.15, -0.1) is 22.7 Å². The fourth-order valence-electron chi connectivity index (χ4n) is 3.04. The monoisotopic (exact) mass is 406 g/mol. The zero-order valence-corrected chi connectivity index (χ0v) is 16.8. The maximum Gasteiger partial charge on any atom is 0.342 e. The summed E-state index contributed by atoms with van der Waals surface area (Å²) in [6.07, 6.45) is 4.23. The average Bonchev–Trinajstić information content (AvgIpc) is 3.22. The lowest BCUT2D eigenvalue weighted by molar-refractivity contribution is -0.134. The van der Waals surface area contributed by atoms with Crippen LogP contribution >= 0.6 is 22.7 Å². The van der Waals surface area contributed by atoms with Gasteiger partial charge in [0.15, 0.2) is 6.61 Å². The summed E-state index contributed by atoms with van der Waals surface area (Å²) >= 11 is 2.77. The van der Waals surface area contributed by atoms with E-state index < -0.39 is 5.97 Å². The second-order valence-electron chi connectivity index (χ2n) is 6.38. The van der Waals surface area contributed by atoms with E-state index in [2.05, 4.69) is 5.32 Å². The van der Waals surface area contributed by atoms with E-state index in [9.17, 15) is 14.4 Å². The van der Waals surface area contributed by atoms with E-state index in [1.807, 2.05) is 22.9 Å². The number of esters is 1. The van der Waals surface area contributed by atoms with Crippen LogP contribution in [0.2, 0.25) is 0 Å². The van der Waals surface area contributed by atoms with Crippen LogP contribution in [0.1, 0.15) is 43.0 Å². The molecule has 8 heteroatoms. The molecule has 0 unspecified atom stereocenters. The molecule has 2 amide bonds. The maximum atomic E-state index is 12.7. The summed E-state index contributed by atoms with van der Waals surface area (Å²) in [6.45, 7) is 2.54. The molecule has 6 nitrogen and oxygen atoms in total. The van der Waals surface area contributed by atoms with Gasteiger partial charge in [-0.05, 0) is 24.3 Å². The molecule has 0 spiro atoms. The van der Waals surface area contributed by atoms with E-state index in [1.165, 1.54) is 29.6 Å². The predicted molar refractivity (Wildman–Crippen MR) is 107 cm³/mol. The number of nitrogens with one attached hydrogen (secondary N) is 1. The summed E-state index contributed by atoms with van der Waals surface area (Å²) in [6, 6.07) is 3.80. The highest BCUT2D eigenvalue weighted by atomic mass is 32.1. The zero-order chi connectivity index (χ0) is 19.2. The molecule has 1 saturated heterocycles. The van der Waals surface area contributed by atoms with Gasteiger partial charge in [0, 0.05) is 35.8 Å². The molecular weight excluding hydrogens is 384 g/mol. The Hall–Kier alpha value is -2.19. The van der Waals surface area contributed by atoms with Crippen molar-refractivity contribution in [3.05, 3.63) is 28.5 Å². The van der Waals surface area contributed by atoms with Crippen molar-refractivity contribution in [1.82, 2.24) is 4.90 Å². The van der Waals surface area contributed by atoms with Gasteiger partial charge in [0.1, 0.15) is 10.6 Å². The Bertz CT molecular complexity index is 806. The number of ether oxygens (including phenoxy) is 1. The standard InChI is InChI=1S/C19H22N2O4S2/c1-13(22)20-18-17(14(12-27-18)15-7-6-10-26-15)19(24)25-11-16(23)21-8-4-2-3-5-9-21/h6-7,10,12H,2-5,8-9,11H2,1H3,(H,20,22). The summed E-state index contributed by atoms with van der Waals surface area (Å²) in [5.41, 5.74) is 1.02. The molecule has 1 aliphatic heterocycles. The highest BCUT2D eigenvalue weighted by Crippen LogP contribution is 2.38. The zero-order valence-electron chi connectivity index (χ0n) is 15.2. The van der Waals surface area contributed by atoms with E-state index in [1.54, 1.807) is 4.90 Å². The van der Waals surface area contributed by atoms with Crippen LogP contribution < -0.4 is 5.32 Å². The number of carbonyl (C=O) groups is 3. The van der Waals surface area contributed by atoms with E-state index >= 15 is 0 Å². The minimum absolute atomic E-state index is 0.167. The van der Waals surface area contributed by atoms with Crippen molar-refractivity contribution in [2.45, 2.75) is 32.6 Å². The Morgan fingerprint density at radius 2 is 1.89 bits per heavy atom. The first-order chi connectivity index (χ1) is 13.1. The van der Waals surface area contributed by atoms with Gasteiger partial charge in [0.25, 0.3) is 5.91 Å². The maximum absolute atomic E-state index is 12.7. The SMILES string of the molecule is CC(=O)Nc1scc(-c2cccs2)c1C(=O)OCC(=O)N1CCCCCC1. The van der Waals surface area contributed by atoms with Crippen molar-refractivity contribution < 1.29 is 19.1 Å². The lowest BCUT2D eigenvalue weighted by Crippen LogP contribution is -2.35. The molecule has 1 fully saturated rings. The predicted octanol–water partition coefficient (Wildman–Crippen LogP) is 3.99. The van der Waals surface area contributed by atoms with Crippen LogP contribution in [0.25, 0.3) is 10.4 Å². The van der Waals surface area contributed by atoms with Gasteiger partial charge >= 0.3 is 5.97 Å². The molecule has 144 valence electrons. The van der Waals surface area contributed by atoms with E-state index in [-0.39, 0.29) is 18.4 Å². The van der Waals surface area contributed by atoms with Crippen molar-refractivity contribution in [1.29, 1.82) is 0 Å². The van der Waals surface area contributed by atoms with Gasteiger partial charge in [-0.2, -0.15) is 0 Å². The Labute approximate surface area is 166 Å². The Morgan fingerprint density at radius 1 is 1.15 bits per heavy atom. The summed E-state index contributed by atoms with van der Waals surface area (Å²) in [7, 11) is 0. The molecule has 0 atom stereocenters. The number of carbonyl (C=O) groups excluding carboxylic acids is 3. The quantitative estimate of drug-likeness (QED) is 0.762. The van der Waals surface area contributed by atoms with Crippen LogP contribution in [0, 0.1) is 0 Å². The third kappa shape index (κ3) is 4.95. The second-order valence-corrected chi connectivity index (χ2v) is 8.21. The van der Waals surface area contributed by atoms with Crippen molar-refractivity contribution >= 4 is 45.5 Å². The van der Waals surface area contributed by atoms with Gasteiger partial charge in [-0.3, -0.25) is 9.59 Å². The van der Waals surface area contributed by atoms with Gasteiger partial charge in [-0.1, -0.05) is 18.9 Å². The molecule has 2 aromatic rings. The van der Waals surface area contributed by atoms with Crippen molar-refractivity contribution in [2.75, 3.05) is 25.0 Å². The molecular formula is C19H22N2O4S2. The highest BCUT2D eigenvalue weighted by molar-refractivity contribution is 7.17. The van der Waals surface area contributed by atoms with Gasteiger partial charge in [0.05, 0.1) is 0 Å². The Morgan fingerprint density at radius 3 is 2.52 bits per heavy atom. The molecule has 27 heavy (non-hydrogen) atoms. The smallest absolute Gasteiger partial charge is 0.342 e. The molecule has 0 bridgehead atoms. The van der Waals surface area contributed by atoms with Crippen molar-refractivity contribution in [3.8, 4) is 10.4 Å². The lowest BCUT2D eigenvalue weighted by Gasteiger charge is -2.20. The van der Waals surface area contributed by atoms with Crippen LogP contribution in [-0.2, 0) is 14.3 Å². The summed E-state index contributed by atoms with van der Waals surface area (Å²) in [4.78, 5) is 39.3. The van der Waals surface area contributed by atoms with Gasteiger partial charge in [-0.25, -0.2) is 4.79 Å². The fraction of sp³-hybridized carbons (Fsp3) is 0.421. The first-order valence-corrected chi connectivity index (χ1v) is 10.7.